The van der Waals surface area contributed by atoms with Crippen LogP contribution in [0.5, 0.6) is 0 Å². The standard InChI is InChI=1S/C17H22N4O3/c1-12-5-4-6-13(11-12)16(20(2)3)17(24)18-9-10-21-15(23)8-7-14(22)19-21/h4-8,11,16H,9-10H2,1-3H3,(H,18,24)(H,19,22)/t16-/m0/s1. The fraction of sp³-hybridized carbons (Fsp3) is 0.353. The minimum Gasteiger partial charge on any atom is -0.353 e. The normalized spacial score (nSPS) is 12.2. The highest BCUT2D eigenvalue weighted by Gasteiger charge is 2.22. The molecule has 24 heavy (non-hydrogen) atoms. The zero-order valence-electron chi connectivity index (χ0n) is 14.1. The van der Waals surface area contributed by atoms with Gasteiger partial charge in [0.2, 0.25) is 5.91 Å². The van der Waals surface area contributed by atoms with Crippen molar-refractivity contribution in [3.8, 4) is 0 Å². The lowest BCUT2D eigenvalue weighted by molar-refractivity contribution is -0.125. The number of nitrogens with zero attached hydrogens (tertiary/aromatic N) is 2. The Labute approximate surface area is 139 Å². The number of amides is 1. The monoisotopic (exact) mass is 330 g/mol. The first kappa shape index (κ1) is 17.7. The largest absolute Gasteiger partial charge is 0.353 e. The fourth-order valence-electron chi connectivity index (χ4n) is 2.54. The zero-order chi connectivity index (χ0) is 17.7. The Morgan fingerprint density at radius 2 is 2.00 bits per heavy atom. The van der Waals surface area contributed by atoms with Gasteiger partial charge in [-0.25, -0.2) is 4.68 Å². The van der Waals surface area contributed by atoms with Gasteiger partial charge < -0.3 is 5.32 Å². The van der Waals surface area contributed by atoms with Gasteiger partial charge >= 0.3 is 0 Å². The van der Waals surface area contributed by atoms with Gasteiger partial charge in [-0.05, 0) is 26.6 Å². The Hall–Kier alpha value is -2.67. The van der Waals surface area contributed by atoms with E-state index in [2.05, 4.69) is 10.4 Å². The van der Waals surface area contributed by atoms with Crippen LogP contribution in [0.25, 0.3) is 0 Å². The van der Waals surface area contributed by atoms with Crippen molar-refractivity contribution >= 4 is 5.91 Å². The molecule has 128 valence electrons. The molecule has 0 aliphatic carbocycles. The number of aromatic amines is 1. The van der Waals surface area contributed by atoms with Gasteiger partial charge in [-0.3, -0.25) is 24.4 Å². The summed E-state index contributed by atoms with van der Waals surface area (Å²) in [7, 11) is 3.68. The highest BCUT2D eigenvalue weighted by atomic mass is 16.2. The summed E-state index contributed by atoms with van der Waals surface area (Å²) in [4.78, 5) is 37.2. The van der Waals surface area contributed by atoms with Gasteiger partial charge in [-0.1, -0.05) is 29.8 Å². The Morgan fingerprint density at radius 3 is 2.67 bits per heavy atom. The Bertz CT molecular complexity index is 823. The first-order valence-corrected chi connectivity index (χ1v) is 7.69. The third kappa shape index (κ3) is 4.42. The molecule has 7 heteroatoms. The molecule has 1 heterocycles. The molecule has 0 unspecified atom stereocenters. The molecule has 2 N–H and O–H groups in total. The number of H-pyrrole nitrogens is 1. The van der Waals surface area contributed by atoms with Gasteiger partial charge in [0, 0.05) is 18.7 Å². The maximum atomic E-state index is 12.5. The van der Waals surface area contributed by atoms with Crippen molar-refractivity contribution in [1.82, 2.24) is 20.0 Å². The van der Waals surface area contributed by atoms with Crippen molar-refractivity contribution < 1.29 is 4.79 Å². The van der Waals surface area contributed by atoms with E-state index in [-0.39, 0.29) is 30.1 Å². The number of hydrogen-bond donors (Lipinski definition) is 2. The predicted octanol–water partition coefficient (Wildman–Crippen LogP) is 0.264. The number of carbonyl (C=O) groups excluding carboxylic acids is 1. The molecule has 0 fully saturated rings. The van der Waals surface area contributed by atoms with Gasteiger partial charge in [0.25, 0.3) is 11.1 Å². The second-order valence-electron chi connectivity index (χ2n) is 5.87. The summed E-state index contributed by atoms with van der Waals surface area (Å²) in [5.74, 6) is -0.156. The fourth-order valence-corrected chi connectivity index (χ4v) is 2.54. The Balaban J connectivity index is 2.05. The summed E-state index contributed by atoms with van der Waals surface area (Å²) < 4.78 is 1.18. The highest BCUT2D eigenvalue weighted by Crippen LogP contribution is 2.19. The lowest BCUT2D eigenvalue weighted by Gasteiger charge is -2.24. The molecule has 7 nitrogen and oxygen atoms in total. The minimum atomic E-state index is -0.420. The van der Waals surface area contributed by atoms with Crippen LogP contribution in [0.1, 0.15) is 17.2 Å². The average molecular weight is 330 g/mol. The smallest absolute Gasteiger partial charge is 0.265 e. The van der Waals surface area contributed by atoms with Crippen molar-refractivity contribution in [1.29, 1.82) is 0 Å². The van der Waals surface area contributed by atoms with E-state index in [4.69, 9.17) is 0 Å². The SMILES string of the molecule is Cc1cccc([C@@H](C(=O)NCCn2[nH]c(=O)ccc2=O)N(C)C)c1. The van der Waals surface area contributed by atoms with Crippen LogP contribution >= 0.6 is 0 Å². The van der Waals surface area contributed by atoms with Crippen LogP contribution in [-0.2, 0) is 11.3 Å². The second-order valence-corrected chi connectivity index (χ2v) is 5.87. The average Bonchev–Trinajstić information content (AvgIpc) is 2.50. The first-order valence-electron chi connectivity index (χ1n) is 7.69. The summed E-state index contributed by atoms with van der Waals surface area (Å²) in [6, 6.07) is 9.75. The van der Waals surface area contributed by atoms with Crippen molar-refractivity contribution in [3.63, 3.8) is 0 Å². The van der Waals surface area contributed by atoms with Crippen LogP contribution < -0.4 is 16.4 Å². The topological polar surface area (TPSA) is 87.2 Å². The minimum absolute atomic E-state index is 0.156. The number of carbonyl (C=O) groups is 1. The molecule has 0 saturated carbocycles. The molecule has 1 aromatic heterocycles. The molecule has 0 saturated heterocycles. The Morgan fingerprint density at radius 1 is 1.25 bits per heavy atom. The van der Waals surface area contributed by atoms with Gasteiger partial charge in [0.15, 0.2) is 0 Å². The molecule has 0 radical (unpaired) electrons. The van der Waals surface area contributed by atoms with Crippen LogP contribution in [0.15, 0.2) is 46.0 Å². The predicted molar refractivity (Wildman–Crippen MR) is 91.9 cm³/mol. The molecule has 0 bridgehead atoms. The van der Waals surface area contributed by atoms with E-state index in [1.165, 1.54) is 16.8 Å². The summed E-state index contributed by atoms with van der Waals surface area (Å²) >= 11 is 0. The lowest BCUT2D eigenvalue weighted by Crippen LogP contribution is -2.40. The quantitative estimate of drug-likeness (QED) is 0.796. The molecular formula is C17H22N4O3. The third-order valence-electron chi connectivity index (χ3n) is 3.65. The number of hydrogen-bond acceptors (Lipinski definition) is 4. The zero-order valence-corrected chi connectivity index (χ0v) is 14.1. The van der Waals surface area contributed by atoms with E-state index < -0.39 is 6.04 Å². The van der Waals surface area contributed by atoms with Crippen LogP contribution in [0.2, 0.25) is 0 Å². The first-order chi connectivity index (χ1) is 11.4. The molecule has 2 rings (SSSR count). The van der Waals surface area contributed by atoms with Gasteiger partial charge in [-0.15, -0.1) is 0 Å². The second kappa shape index (κ2) is 7.74. The number of benzene rings is 1. The maximum Gasteiger partial charge on any atom is 0.265 e. The Kier molecular flexibility index (Phi) is 5.70. The molecular weight excluding hydrogens is 308 g/mol. The van der Waals surface area contributed by atoms with Crippen LogP contribution in [-0.4, -0.2) is 41.2 Å². The summed E-state index contributed by atoms with van der Waals surface area (Å²) in [5.41, 5.74) is 1.32. The maximum absolute atomic E-state index is 12.5. The molecule has 1 aromatic carbocycles. The third-order valence-corrected chi connectivity index (χ3v) is 3.65. The summed E-state index contributed by atoms with van der Waals surface area (Å²) in [6.45, 7) is 2.43. The van der Waals surface area contributed by atoms with Crippen LogP contribution in [0, 0.1) is 6.92 Å². The van der Waals surface area contributed by atoms with Crippen LogP contribution in [0.3, 0.4) is 0 Å². The van der Waals surface area contributed by atoms with Crippen molar-refractivity contribution in [2.24, 2.45) is 0 Å². The lowest BCUT2D eigenvalue weighted by atomic mass is 10.0. The molecule has 1 atom stereocenters. The number of aromatic nitrogens is 2. The molecule has 2 aromatic rings. The molecule has 0 aliphatic heterocycles. The molecule has 0 aliphatic rings. The van der Waals surface area contributed by atoms with Gasteiger partial charge in [0.05, 0.1) is 6.54 Å². The van der Waals surface area contributed by atoms with E-state index in [1.54, 1.807) is 0 Å². The summed E-state index contributed by atoms with van der Waals surface area (Å²) in [5, 5.41) is 5.24. The van der Waals surface area contributed by atoms with E-state index in [1.807, 2.05) is 50.2 Å². The molecule has 1 amide bonds. The van der Waals surface area contributed by atoms with Crippen molar-refractivity contribution in [2.45, 2.75) is 19.5 Å². The van der Waals surface area contributed by atoms with Crippen LogP contribution in [0.4, 0.5) is 0 Å². The van der Waals surface area contributed by atoms with E-state index in [9.17, 15) is 14.4 Å². The number of nitrogens with one attached hydrogen (secondary N) is 2. The van der Waals surface area contributed by atoms with Crippen molar-refractivity contribution in [3.05, 3.63) is 68.2 Å². The van der Waals surface area contributed by atoms with Gasteiger partial charge in [-0.2, -0.15) is 0 Å². The van der Waals surface area contributed by atoms with Gasteiger partial charge in [0.1, 0.15) is 6.04 Å². The number of aryl methyl sites for hydroxylation is 1. The van der Waals surface area contributed by atoms with Crippen molar-refractivity contribution in [2.75, 3.05) is 20.6 Å². The summed E-state index contributed by atoms with van der Waals surface area (Å²) in [6.07, 6.45) is 0. The van der Waals surface area contributed by atoms with E-state index in [0.29, 0.717) is 0 Å². The number of likely N-dealkylation sites (N-methyl/N-ethyl adjacent to an activating group) is 1. The van der Waals surface area contributed by atoms with E-state index >= 15 is 0 Å². The number of rotatable bonds is 6. The highest BCUT2D eigenvalue weighted by molar-refractivity contribution is 5.83. The molecule has 0 spiro atoms. The van der Waals surface area contributed by atoms with E-state index in [0.717, 1.165) is 11.1 Å².